The molecule has 80 valence electrons. The summed E-state index contributed by atoms with van der Waals surface area (Å²) in [5.41, 5.74) is 0.824. The Morgan fingerprint density at radius 3 is 2.71 bits per heavy atom. The Bertz CT molecular complexity index is 255. The number of rotatable bonds is 1. The van der Waals surface area contributed by atoms with Gasteiger partial charge >= 0.3 is 6.09 Å². The van der Waals surface area contributed by atoms with Crippen LogP contribution in [0.1, 0.15) is 20.8 Å². The molecule has 0 unspecified atom stereocenters. The highest BCUT2D eigenvalue weighted by Crippen LogP contribution is 2.15. The van der Waals surface area contributed by atoms with Crippen LogP contribution in [-0.2, 0) is 4.74 Å². The number of alkyl halides is 1. The number of ether oxygens (including phenoxy) is 1. The molecule has 0 saturated heterocycles. The monoisotopic (exact) mass is 261 g/mol. The second-order valence-electron chi connectivity index (χ2n) is 4.36. The van der Waals surface area contributed by atoms with Crippen LogP contribution < -0.4 is 0 Å². The van der Waals surface area contributed by atoms with Gasteiger partial charge in [-0.05, 0) is 26.3 Å². The third kappa shape index (κ3) is 3.33. The minimum Gasteiger partial charge on any atom is -0.444 e. The maximum absolute atomic E-state index is 11.6. The molecule has 1 aliphatic rings. The topological polar surface area (TPSA) is 29.5 Å². The summed E-state index contributed by atoms with van der Waals surface area (Å²) in [6.45, 7) is 6.97. The molecule has 0 radical (unpaired) electrons. The lowest BCUT2D eigenvalue weighted by Gasteiger charge is -2.24. The van der Waals surface area contributed by atoms with Gasteiger partial charge in [0.15, 0.2) is 0 Å². The summed E-state index contributed by atoms with van der Waals surface area (Å²) in [6, 6.07) is 0. The highest BCUT2D eigenvalue weighted by atomic mass is 79.9. The van der Waals surface area contributed by atoms with E-state index in [0.29, 0.717) is 13.1 Å². The van der Waals surface area contributed by atoms with Crippen LogP contribution in [0.5, 0.6) is 0 Å². The molecular weight excluding hydrogens is 246 g/mol. The average Bonchev–Trinajstić information content (AvgIpc) is 2.48. The Morgan fingerprint density at radius 1 is 1.64 bits per heavy atom. The molecule has 0 N–H and O–H groups in total. The summed E-state index contributed by atoms with van der Waals surface area (Å²) in [5.74, 6) is 0. The number of carbonyl (C=O) groups is 1. The van der Waals surface area contributed by atoms with E-state index >= 15 is 0 Å². The maximum Gasteiger partial charge on any atom is 0.410 e. The van der Waals surface area contributed by atoms with E-state index in [4.69, 9.17) is 4.74 Å². The van der Waals surface area contributed by atoms with Crippen molar-refractivity contribution in [1.82, 2.24) is 4.90 Å². The Labute approximate surface area is 93.2 Å². The molecule has 1 amide bonds. The zero-order chi connectivity index (χ0) is 10.8. The first kappa shape index (κ1) is 11.6. The molecule has 0 aromatic rings. The zero-order valence-electron chi connectivity index (χ0n) is 8.84. The van der Waals surface area contributed by atoms with Crippen molar-refractivity contribution >= 4 is 22.0 Å². The number of amides is 1. The van der Waals surface area contributed by atoms with Crippen LogP contribution >= 0.6 is 15.9 Å². The molecule has 0 atom stereocenters. The lowest BCUT2D eigenvalue weighted by atomic mass is 10.2. The van der Waals surface area contributed by atoms with Crippen molar-refractivity contribution in [2.45, 2.75) is 26.4 Å². The molecular formula is C10H16BrNO2. The SMILES string of the molecule is CC(C)(C)OC(=O)N1CC=C(CBr)C1. The number of hydrogen-bond acceptors (Lipinski definition) is 2. The molecule has 0 spiro atoms. The molecule has 0 saturated carbocycles. The number of hydrogen-bond donors (Lipinski definition) is 0. The van der Waals surface area contributed by atoms with Crippen molar-refractivity contribution in [1.29, 1.82) is 0 Å². The van der Waals surface area contributed by atoms with E-state index in [2.05, 4.69) is 22.0 Å². The molecule has 0 bridgehead atoms. The van der Waals surface area contributed by atoms with Crippen LogP contribution in [-0.4, -0.2) is 35.0 Å². The minimum atomic E-state index is -0.408. The highest BCUT2D eigenvalue weighted by molar-refractivity contribution is 9.09. The summed E-state index contributed by atoms with van der Waals surface area (Å²) in [5, 5.41) is 0.826. The lowest BCUT2D eigenvalue weighted by molar-refractivity contribution is 0.0302. The standard InChI is InChI=1S/C10H16BrNO2/c1-10(2,3)14-9(13)12-5-4-8(6-11)7-12/h4H,5-7H2,1-3H3. The molecule has 1 rings (SSSR count). The second kappa shape index (κ2) is 4.34. The maximum atomic E-state index is 11.6. The van der Waals surface area contributed by atoms with E-state index in [1.807, 2.05) is 20.8 Å². The first-order valence-corrected chi connectivity index (χ1v) is 5.76. The minimum absolute atomic E-state index is 0.232. The van der Waals surface area contributed by atoms with E-state index in [0.717, 1.165) is 5.33 Å². The molecule has 3 nitrogen and oxygen atoms in total. The smallest absolute Gasteiger partial charge is 0.410 e. The van der Waals surface area contributed by atoms with Crippen LogP contribution in [0.4, 0.5) is 4.79 Å². The van der Waals surface area contributed by atoms with Gasteiger partial charge < -0.3 is 9.64 Å². The number of carbonyl (C=O) groups excluding carboxylic acids is 1. The van der Waals surface area contributed by atoms with Crippen LogP contribution in [0.15, 0.2) is 11.6 Å². The molecule has 0 aromatic carbocycles. The van der Waals surface area contributed by atoms with Gasteiger partial charge in [0.1, 0.15) is 5.60 Å². The number of halogens is 1. The predicted octanol–water partition coefficient (Wildman–Crippen LogP) is 2.56. The van der Waals surface area contributed by atoms with Gasteiger partial charge in [0.2, 0.25) is 0 Å². The largest absolute Gasteiger partial charge is 0.444 e. The first-order valence-electron chi connectivity index (χ1n) is 4.64. The molecule has 14 heavy (non-hydrogen) atoms. The van der Waals surface area contributed by atoms with Crippen molar-refractivity contribution in [3.63, 3.8) is 0 Å². The van der Waals surface area contributed by atoms with Gasteiger partial charge in [0.05, 0.1) is 0 Å². The van der Waals surface area contributed by atoms with Gasteiger partial charge in [-0.3, -0.25) is 0 Å². The van der Waals surface area contributed by atoms with Crippen molar-refractivity contribution in [3.05, 3.63) is 11.6 Å². The van der Waals surface area contributed by atoms with Crippen molar-refractivity contribution in [2.24, 2.45) is 0 Å². The summed E-state index contributed by atoms with van der Waals surface area (Å²) in [7, 11) is 0. The van der Waals surface area contributed by atoms with Gasteiger partial charge in [-0.1, -0.05) is 22.0 Å². The van der Waals surface area contributed by atoms with Gasteiger partial charge in [0, 0.05) is 18.4 Å². The van der Waals surface area contributed by atoms with Gasteiger partial charge in [-0.15, -0.1) is 0 Å². The Kier molecular flexibility index (Phi) is 3.59. The molecule has 0 fully saturated rings. The summed E-state index contributed by atoms with van der Waals surface area (Å²) in [6.07, 6.45) is 1.82. The van der Waals surface area contributed by atoms with Crippen molar-refractivity contribution in [2.75, 3.05) is 18.4 Å². The molecule has 1 aliphatic heterocycles. The van der Waals surface area contributed by atoms with Crippen molar-refractivity contribution < 1.29 is 9.53 Å². The molecule has 0 aliphatic carbocycles. The fraction of sp³-hybridized carbons (Fsp3) is 0.700. The van der Waals surface area contributed by atoms with E-state index in [9.17, 15) is 4.79 Å². The Balaban J connectivity index is 2.42. The molecule has 4 heteroatoms. The van der Waals surface area contributed by atoms with Crippen LogP contribution in [0.2, 0.25) is 0 Å². The van der Waals surface area contributed by atoms with Crippen LogP contribution in [0.3, 0.4) is 0 Å². The third-order valence-electron chi connectivity index (χ3n) is 1.82. The summed E-state index contributed by atoms with van der Waals surface area (Å²) >= 11 is 3.37. The Hall–Kier alpha value is -0.510. The van der Waals surface area contributed by atoms with Crippen molar-refractivity contribution in [3.8, 4) is 0 Å². The number of nitrogens with zero attached hydrogens (tertiary/aromatic N) is 1. The van der Waals surface area contributed by atoms with E-state index in [1.54, 1.807) is 4.90 Å². The van der Waals surface area contributed by atoms with E-state index in [1.165, 1.54) is 5.57 Å². The third-order valence-corrected chi connectivity index (χ3v) is 2.54. The van der Waals surface area contributed by atoms with E-state index in [-0.39, 0.29) is 6.09 Å². The molecule has 1 heterocycles. The Morgan fingerprint density at radius 2 is 2.29 bits per heavy atom. The summed E-state index contributed by atoms with van der Waals surface area (Å²) < 4.78 is 5.25. The van der Waals surface area contributed by atoms with Crippen LogP contribution in [0.25, 0.3) is 0 Å². The lowest BCUT2D eigenvalue weighted by Crippen LogP contribution is -2.35. The van der Waals surface area contributed by atoms with Gasteiger partial charge in [-0.2, -0.15) is 0 Å². The predicted molar refractivity (Wildman–Crippen MR) is 59.7 cm³/mol. The summed E-state index contributed by atoms with van der Waals surface area (Å²) in [4.78, 5) is 13.3. The fourth-order valence-electron chi connectivity index (χ4n) is 1.18. The molecule has 0 aromatic heterocycles. The van der Waals surface area contributed by atoms with E-state index < -0.39 is 5.60 Å². The average molecular weight is 262 g/mol. The fourth-order valence-corrected chi connectivity index (χ4v) is 1.58. The van der Waals surface area contributed by atoms with Gasteiger partial charge in [0.25, 0.3) is 0 Å². The zero-order valence-corrected chi connectivity index (χ0v) is 10.4. The second-order valence-corrected chi connectivity index (χ2v) is 4.92. The highest BCUT2D eigenvalue weighted by Gasteiger charge is 2.24. The quantitative estimate of drug-likeness (QED) is 0.537. The van der Waals surface area contributed by atoms with Crippen LogP contribution in [0, 0.1) is 0 Å². The normalized spacial score (nSPS) is 16.9. The van der Waals surface area contributed by atoms with Gasteiger partial charge in [-0.25, -0.2) is 4.79 Å². The first-order chi connectivity index (χ1) is 6.42.